The Bertz CT molecular complexity index is 290. The molecule has 2 N–H and O–H groups in total. The average Bonchev–Trinajstić information content (AvgIpc) is 3.16. The first kappa shape index (κ1) is 16.2. The molecule has 0 aromatic heterocycles. The van der Waals surface area contributed by atoms with Gasteiger partial charge in [0, 0.05) is 24.2 Å². The third kappa shape index (κ3) is 4.17. The summed E-state index contributed by atoms with van der Waals surface area (Å²) in [4.78, 5) is 2.44. The Balaban J connectivity index is 1.74. The molecular formula is C16H32N2O2. The standard InChI is InChI=1S/C16H32N2O2/c1-4-16(12-19,17-14-6-7-14)9-5-10-18(3)15-8-11-20-13(15)2/h13-15,17,19H,4-12H2,1-3H3. The lowest BCUT2D eigenvalue weighted by molar-refractivity contribution is 0.0802. The minimum atomic E-state index is -0.0558. The minimum Gasteiger partial charge on any atom is -0.394 e. The van der Waals surface area contributed by atoms with Gasteiger partial charge < -0.3 is 20.1 Å². The van der Waals surface area contributed by atoms with Crippen molar-refractivity contribution in [3.05, 3.63) is 0 Å². The van der Waals surface area contributed by atoms with E-state index in [1.54, 1.807) is 0 Å². The highest BCUT2D eigenvalue weighted by molar-refractivity contribution is 4.94. The summed E-state index contributed by atoms with van der Waals surface area (Å²) in [6.45, 7) is 6.60. The van der Waals surface area contributed by atoms with Crippen LogP contribution in [0.4, 0.5) is 0 Å². The molecule has 118 valence electrons. The second kappa shape index (κ2) is 7.21. The Kier molecular flexibility index (Phi) is 5.84. The minimum absolute atomic E-state index is 0.0558. The third-order valence-corrected chi connectivity index (χ3v) is 5.14. The number of hydrogen-bond donors (Lipinski definition) is 2. The van der Waals surface area contributed by atoms with Gasteiger partial charge in [0.15, 0.2) is 0 Å². The first-order valence-electron chi connectivity index (χ1n) is 8.30. The fraction of sp³-hybridized carbons (Fsp3) is 1.00. The lowest BCUT2D eigenvalue weighted by Gasteiger charge is -2.34. The molecule has 1 heterocycles. The Morgan fingerprint density at radius 1 is 1.35 bits per heavy atom. The maximum Gasteiger partial charge on any atom is 0.0702 e. The average molecular weight is 284 g/mol. The van der Waals surface area contributed by atoms with Gasteiger partial charge in [0.25, 0.3) is 0 Å². The van der Waals surface area contributed by atoms with Crippen molar-refractivity contribution >= 4 is 0 Å². The van der Waals surface area contributed by atoms with Crippen molar-refractivity contribution in [1.29, 1.82) is 0 Å². The molecular weight excluding hydrogens is 252 g/mol. The molecule has 0 spiro atoms. The van der Waals surface area contributed by atoms with Crippen molar-refractivity contribution in [1.82, 2.24) is 10.2 Å². The van der Waals surface area contributed by atoms with Crippen LogP contribution in [0.5, 0.6) is 0 Å². The first-order chi connectivity index (χ1) is 9.60. The molecule has 2 rings (SSSR count). The van der Waals surface area contributed by atoms with E-state index in [2.05, 4.69) is 31.1 Å². The van der Waals surface area contributed by atoms with Gasteiger partial charge in [-0.05, 0) is 59.0 Å². The van der Waals surface area contributed by atoms with Crippen LogP contribution >= 0.6 is 0 Å². The zero-order valence-corrected chi connectivity index (χ0v) is 13.4. The second-order valence-corrected chi connectivity index (χ2v) is 6.73. The van der Waals surface area contributed by atoms with Crippen molar-refractivity contribution in [2.45, 2.75) is 76.1 Å². The molecule has 1 saturated heterocycles. The lowest BCUT2D eigenvalue weighted by Crippen LogP contribution is -2.49. The molecule has 3 atom stereocenters. The van der Waals surface area contributed by atoms with Gasteiger partial charge >= 0.3 is 0 Å². The molecule has 2 aliphatic rings. The molecule has 0 aromatic carbocycles. The van der Waals surface area contributed by atoms with E-state index < -0.39 is 0 Å². The van der Waals surface area contributed by atoms with Crippen LogP contribution in [0.25, 0.3) is 0 Å². The largest absolute Gasteiger partial charge is 0.394 e. The Morgan fingerprint density at radius 3 is 2.60 bits per heavy atom. The molecule has 4 heteroatoms. The molecule has 1 saturated carbocycles. The summed E-state index contributed by atoms with van der Waals surface area (Å²) in [6.07, 6.45) is 7.26. The summed E-state index contributed by atoms with van der Waals surface area (Å²) in [5.41, 5.74) is -0.0558. The lowest BCUT2D eigenvalue weighted by atomic mass is 9.90. The van der Waals surface area contributed by atoms with E-state index in [0.717, 1.165) is 38.8 Å². The van der Waals surface area contributed by atoms with Crippen molar-refractivity contribution in [2.24, 2.45) is 0 Å². The van der Waals surface area contributed by atoms with Crippen LogP contribution in [0.3, 0.4) is 0 Å². The van der Waals surface area contributed by atoms with E-state index in [9.17, 15) is 5.11 Å². The quantitative estimate of drug-likeness (QED) is 0.677. The maximum atomic E-state index is 9.78. The zero-order valence-electron chi connectivity index (χ0n) is 13.4. The van der Waals surface area contributed by atoms with Gasteiger partial charge in [-0.2, -0.15) is 0 Å². The van der Waals surface area contributed by atoms with Gasteiger partial charge in [0.1, 0.15) is 0 Å². The van der Waals surface area contributed by atoms with Crippen molar-refractivity contribution in [3.8, 4) is 0 Å². The number of hydrogen-bond acceptors (Lipinski definition) is 4. The summed E-state index contributed by atoms with van der Waals surface area (Å²) in [5.74, 6) is 0. The van der Waals surface area contributed by atoms with Crippen LogP contribution < -0.4 is 5.32 Å². The number of rotatable bonds is 9. The van der Waals surface area contributed by atoms with Crippen LogP contribution in [0.15, 0.2) is 0 Å². The molecule has 2 fully saturated rings. The number of aliphatic hydroxyl groups excluding tert-OH is 1. The van der Waals surface area contributed by atoms with Gasteiger partial charge in [-0.3, -0.25) is 0 Å². The summed E-state index contributed by atoms with van der Waals surface area (Å²) in [6, 6.07) is 1.22. The number of aliphatic hydroxyl groups is 1. The van der Waals surface area contributed by atoms with Gasteiger partial charge in [-0.25, -0.2) is 0 Å². The molecule has 0 amide bonds. The van der Waals surface area contributed by atoms with E-state index in [4.69, 9.17) is 4.74 Å². The van der Waals surface area contributed by atoms with Gasteiger partial charge in [-0.15, -0.1) is 0 Å². The number of nitrogens with one attached hydrogen (secondary N) is 1. The number of likely N-dealkylation sites (N-methyl/N-ethyl adjacent to an activating group) is 1. The van der Waals surface area contributed by atoms with Crippen LogP contribution in [-0.2, 0) is 4.74 Å². The second-order valence-electron chi connectivity index (χ2n) is 6.73. The Hall–Kier alpha value is -0.160. The van der Waals surface area contributed by atoms with Crippen LogP contribution in [0.2, 0.25) is 0 Å². The van der Waals surface area contributed by atoms with Crippen molar-refractivity contribution in [3.63, 3.8) is 0 Å². The molecule has 0 radical (unpaired) electrons. The van der Waals surface area contributed by atoms with Gasteiger partial charge in [0.2, 0.25) is 0 Å². The van der Waals surface area contributed by atoms with Crippen LogP contribution in [-0.4, -0.2) is 60.5 Å². The predicted molar refractivity (Wildman–Crippen MR) is 81.9 cm³/mol. The summed E-state index contributed by atoms with van der Waals surface area (Å²) in [5, 5.41) is 13.4. The van der Waals surface area contributed by atoms with E-state index in [1.165, 1.54) is 12.8 Å². The monoisotopic (exact) mass is 284 g/mol. The summed E-state index contributed by atoms with van der Waals surface area (Å²) in [7, 11) is 2.21. The highest BCUT2D eigenvalue weighted by atomic mass is 16.5. The van der Waals surface area contributed by atoms with Crippen molar-refractivity contribution in [2.75, 3.05) is 26.8 Å². The van der Waals surface area contributed by atoms with E-state index in [0.29, 0.717) is 18.2 Å². The van der Waals surface area contributed by atoms with Crippen molar-refractivity contribution < 1.29 is 9.84 Å². The molecule has 1 aliphatic heterocycles. The molecule has 4 nitrogen and oxygen atoms in total. The first-order valence-corrected chi connectivity index (χ1v) is 8.30. The fourth-order valence-corrected chi connectivity index (χ4v) is 3.38. The highest BCUT2D eigenvalue weighted by Gasteiger charge is 2.34. The number of ether oxygens (including phenoxy) is 1. The van der Waals surface area contributed by atoms with Crippen LogP contribution in [0.1, 0.15) is 52.4 Å². The number of nitrogens with zero attached hydrogens (tertiary/aromatic N) is 1. The predicted octanol–water partition coefficient (Wildman–Crippen LogP) is 1.77. The molecule has 3 unspecified atom stereocenters. The van der Waals surface area contributed by atoms with E-state index in [1.807, 2.05) is 0 Å². The normalized spacial score (nSPS) is 29.9. The SMILES string of the molecule is CCC(CO)(CCCN(C)C1CCOC1C)NC1CC1. The molecule has 1 aliphatic carbocycles. The van der Waals surface area contributed by atoms with Gasteiger partial charge in [0.05, 0.1) is 12.7 Å². The smallest absolute Gasteiger partial charge is 0.0702 e. The summed E-state index contributed by atoms with van der Waals surface area (Å²) >= 11 is 0. The van der Waals surface area contributed by atoms with Gasteiger partial charge in [-0.1, -0.05) is 6.92 Å². The summed E-state index contributed by atoms with van der Waals surface area (Å²) < 4.78 is 5.64. The highest BCUT2D eigenvalue weighted by Crippen LogP contribution is 2.27. The fourth-order valence-electron chi connectivity index (χ4n) is 3.38. The zero-order chi connectivity index (χ0) is 14.6. The molecule has 20 heavy (non-hydrogen) atoms. The Labute approximate surface area is 123 Å². The van der Waals surface area contributed by atoms with Crippen LogP contribution in [0, 0.1) is 0 Å². The third-order valence-electron chi connectivity index (χ3n) is 5.14. The van der Waals surface area contributed by atoms with E-state index in [-0.39, 0.29) is 12.1 Å². The Morgan fingerprint density at radius 2 is 2.10 bits per heavy atom. The molecule has 0 aromatic rings. The van der Waals surface area contributed by atoms with E-state index >= 15 is 0 Å². The topological polar surface area (TPSA) is 44.7 Å². The maximum absolute atomic E-state index is 9.78. The molecule has 0 bridgehead atoms.